The lowest BCUT2D eigenvalue weighted by Gasteiger charge is -2.13. The topological polar surface area (TPSA) is 96.8 Å². The highest BCUT2D eigenvalue weighted by atomic mass is 127. The first-order valence-electron chi connectivity index (χ1n) is 9.13. The number of fused-ring (bicyclic) bond motifs is 1. The Morgan fingerprint density at radius 3 is 2.62 bits per heavy atom. The average Bonchev–Trinajstić information content (AvgIpc) is 3.37. The highest BCUT2D eigenvalue weighted by Gasteiger charge is 2.28. The summed E-state index contributed by atoms with van der Waals surface area (Å²) in [6.45, 7) is 1.83. The molecule has 2 aromatic heterocycles. The molecule has 0 radical (unpaired) electrons. The van der Waals surface area contributed by atoms with Crippen molar-refractivity contribution in [3.8, 4) is 0 Å². The quantitative estimate of drug-likeness (QED) is 0.405. The minimum Gasteiger partial charge on any atom is -0.459 e. The molecule has 0 spiro atoms. The molecule has 0 fully saturated rings. The third-order valence-electron chi connectivity index (χ3n) is 4.67. The van der Waals surface area contributed by atoms with Crippen LogP contribution in [-0.2, 0) is 6.42 Å². The number of nitrogens with zero attached hydrogens (tertiary/aromatic N) is 1. The molecule has 8 heteroatoms. The number of nitrogens with one attached hydrogen (secondary N) is 2. The van der Waals surface area contributed by atoms with Crippen LogP contribution in [0.25, 0.3) is 0 Å². The van der Waals surface area contributed by atoms with Gasteiger partial charge in [0.15, 0.2) is 11.5 Å². The van der Waals surface area contributed by atoms with Crippen LogP contribution in [0.4, 0.5) is 5.69 Å². The van der Waals surface area contributed by atoms with Crippen molar-refractivity contribution >= 4 is 45.8 Å². The normalized spacial score (nSPS) is 14.5. The van der Waals surface area contributed by atoms with Crippen LogP contribution in [-0.4, -0.2) is 17.5 Å². The lowest BCUT2D eigenvalue weighted by Crippen LogP contribution is -2.21. The third-order valence-corrected chi connectivity index (χ3v) is 5.39. The number of hydrazone groups is 1. The van der Waals surface area contributed by atoms with E-state index in [1.165, 1.54) is 6.26 Å². The molecule has 29 heavy (non-hydrogen) atoms. The maximum Gasteiger partial charge on any atom is 0.307 e. The molecule has 3 aromatic rings. The van der Waals surface area contributed by atoms with Gasteiger partial charge in [-0.15, -0.1) is 0 Å². The molecule has 0 saturated carbocycles. The van der Waals surface area contributed by atoms with Gasteiger partial charge in [0, 0.05) is 26.8 Å². The number of halogens is 1. The van der Waals surface area contributed by atoms with Gasteiger partial charge >= 0.3 is 5.91 Å². The van der Waals surface area contributed by atoms with E-state index in [0.29, 0.717) is 29.1 Å². The Morgan fingerprint density at radius 2 is 1.90 bits per heavy atom. The van der Waals surface area contributed by atoms with Crippen molar-refractivity contribution in [3.05, 3.63) is 74.6 Å². The Kier molecular flexibility index (Phi) is 5.52. The molecule has 2 N–H and O–H groups in total. The Balaban J connectivity index is 1.57. The lowest BCUT2D eigenvalue weighted by atomic mass is 9.93. The number of aryl methyl sites for hydroxylation is 1. The molecule has 1 aliphatic carbocycles. The van der Waals surface area contributed by atoms with Crippen molar-refractivity contribution in [2.45, 2.75) is 26.2 Å². The van der Waals surface area contributed by atoms with Gasteiger partial charge in [-0.1, -0.05) is 0 Å². The lowest BCUT2D eigenvalue weighted by molar-refractivity contribution is 0.0926. The van der Waals surface area contributed by atoms with Crippen LogP contribution in [0.1, 0.15) is 50.8 Å². The predicted octanol–water partition coefficient (Wildman–Crippen LogP) is 4.51. The first-order chi connectivity index (χ1) is 14.0. The van der Waals surface area contributed by atoms with Gasteiger partial charge in [-0.2, -0.15) is 5.10 Å². The van der Waals surface area contributed by atoms with E-state index in [9.17, 15) is 9.59 Å². The second-order valence-electron chi connectivity index (χ2n) is 6.65. The molecule has 0 atom stereocenters. The van der Waals surface area contributed by atoms with E-state index in [4.69, 9.17) is 8.83 Å². The van der Waals surface area contributed by atoms with Gasteiger partial charge in [0.25, 0.3) is 5.91 Å². The molecule has 1 aliphatic rings. The molecule has 2 amide bonds. The monoisotopic (exact) mass is 503 g/mol. The summed E-state index contributed by atoms with van der Waals surface area (Å²) < 4.78 is 12.0. The highest BCUT2D eigenvalue weighted by Crippen LogP contribution is 2.30. The number of rotatable bonds is 4. The number of benzene rings is 1. The first kappa shape index (κ1) is 19.4. The minimum absolute atomic E-state index is 0.187. The maximum absolute atomic E-state index is 12.7. The van der Waals surface area contributed by atoms with Gasteiger partial charge in [-0.3, -0.25) is 9.59 Å². The molecule has 0 aliphatic heterocycles. The second kappa shape index (κ2) is 8.24. The largest absolute Gasteiger partial charge is 0.459 e. The van der Waals surface area contributed by atoms with E-state index in [0.717, 1.165) is 22.0 Å². The van der Waals surface area contributed by atoms with Crippen LogP contribution in [0, 0.1) is 10.5 Å². The van der Waals surface area contributed by atoms with Crippen LogP contribution >= 0.6 is 22.6 Å². The summed E-state index contributed by atoms with van der Waals surface area (Å²) in [6, 6.07) is 10.7. The number of carbonyl (C=O) groups is 2. The molecule has 7 nitrogen and oxygen atoms in total. The molecule has 4 rings (SSSR count). The Hall–Kier alpha value is -2.88. The SMILES string of the molecule is Cc1c(C(=O)Nc2ccc(I)cc2)oc2c1/C(=N/NC(=O)c1ccco1)CCC2. The van der Waals surface area contributed by atoms with Gasteiger partial charge in [0.1, 0.15) is 5.76 Å². The van der Waals surface area contributed by atoms with E-state index in [-0.39, 0.29) is 17.4 Å². The van der Waals surface area contributed by atoms with Crippen LogP contribution in [0.3, 0.4) is 0 Å². The van der Waals surface area contributed by atoms with Gasteiger partial charge in [-0.25, -0.2) is 5.43 Å². The smallest absolute Gasteiger partial charge is 0.307 e. The average molecular weight is 503 g/mol. The Labute approximate surface area is 180 Å². The van der Waals surface area contributed by atoms with Crippen molar-refractivity contribution in [1.29, 1.82) is 0 Å². The fourth-order valence-corrected chi connectivity index (χ4v) is 3.66. The first-order valence-corrected chi connectivity index (χ1v) is 10.2. The fraction of sp³-hybridized carbons (Fsp3) is 0.190. The Morgan fingerprint density at radius 1 is 1.10 bits per heavy atom. The Bertz CT molecular complexity index is 1080. The standard InChI is InChI=1S/C21H18IN3O4/c1-12-18-15(24-25-20(26)17-6-3-11-28-17)4-2-5-16(18)29-19(12)21(27)23-14-9-7-13(22)8-10-14/h3,6-11H,2,4-5H2,1H3,(H,23,27)(H,25,26)/b24-15+. The molecule has 148 valence electrons. The summed E-state index contributed by atoms with van der Waals surface area (Å²) in [5, 5.41) is 7.13. The van der Waals surface area contributed by atoms with Crippen molar-refractivity contribution < 1.29 is 18.4 Å². The highest BCUT2D eigenvalue weighted by molar-refractivity contribution is 14.1. The second-order valence-corrected chi connectivity index (χ2v) is 7.89. The number of hydrogen-bond donors (Lipinski definition) is 2. The zero-order chi connectivity index (χ0) is 20.4. The summed E-state index contributed by atoms with van der Waals surface area (Å²) in [5.74, 6) is 0.435. The van der Waals surface area contributed by atoms with Crippen molar-refractivity contribution in [1.82, 2.24) is 5.43 Å². The summed E-state index contributed by atoms with van der Waals surface area (Å²) in [7, 11) is 0. The maximum atomic E-state index is 12.7. The minimum atomic E-state index is -0.424. The van der Waals surface area contributed by atoms with Crippen molar-refractivity contribution in [3.63, 3.8) is 0 Å². The number of hydrogen-bond acceptors (Lipinski definition) is 5. The van der Waals surface area contributed by atoms with Crippen LogP contribution < -0.4 is 10.7 Å². The molecule has 0 unspecified atom stereocenters. The molecular weight excluding hydrogens is 485 g/mol. The third kappa shape index (κ3) is 4.12. The number of amides is 2. The van der Waals surface area contributed by atoms with Crippen LogP contribution in [0.2, 0.25) is 0 Å². The predicted molar refractivity (Wildman–Crippen MR) is 116 cm³/mol. The molecule has 2 heterocycles. The fourth-order valence-electron chi connectivity index (χ4n) is 3.30. The van der Waals surface area contributed by atoms with E-state index >= 15 is 0 Å². The number of anilines is 1. The molecule has 0 bridgehead atoms. The van der Waals surface area contributed by atoms with E-state index < -0.39 is 5.91 Å². The van der Waals surface area contributed by atoms with Gasteiger partial charge in [0.05, 0.1) is 12.0 Å². The molecular formula is C21H18IN3O4. The van der Waals surface area contributed by atoms with Gasteiger partial charge < -0.3 is 14.2 Å². The van der Waals surface area contributed by atoms with E-state index in [1.54, 1.807) is 12.1 Å². The molecule has 0 saturated heterocycles. The molecule has 1 aromatic carbocycles. The van der Waals surface area contributed by atoms with E-state index in [1.807, 2.05) is 31.2 Å². The summed E-state index contributed by atoms with van der Waals surface area (Å²) in [4.78, 5) is 24.8. The number of furan rings is 2. The van der Waals surface area contributed by atoms with Crippen molar-refractivity contribution in [2.24, 2.45) is 5.10 Å². The van der Waals surface area contributed by atoms with Crippen LogP contribution in [0.5, 0.6) is 0 Å². The number of carbonyl (C=O) groups excluding carboxylic acids is 2. The van der Waals surface area contributed by atoms with Gasteiger partial charge in [-0.05, 0) is 78.8 Å². The summed E-state index contributed by atoms with van der Waals surface area (Å²) in [6.07, 6.45) is 3.66. The van der Waals surface area contributed by atoms with Gasteiger partial charge in [0.2, 0.25) is 0 Å². The zero-order valence-corrected chi connectivity index (χ0v) is 17.8. The summed E-state index contributed by atoms with van der Waals surface area (Å²) in [5.41, 5.74) is 5.42. The zero-order valence-electron chi connectivity index (χ0n) is 15.6. The van der Waals surface area contributed by atoms with Crippen LogP contribution in [0.15, 0.2) is 56.6 Å². The van der Waals surface area contributed by atoms with E-state index in [2.05, 4.69) is 38.4 Å². The van der Waals surface area contributed by atoms with Crippen molar-refractivity contribution in [2.75, 3.05) is 5.32 Å². The summed E-state index contributed by atoms with van der Waals surface area (Å²) >= 11 is 2.21.